The number of benzene rings is 2. The van der Waals surface area contributed by atoms with E-state index < -0.39 is 10.9 Å². The van der Waals surface area contributed by atoms with Crippen molar-refractivity contribution in [3.63, 3.8) is 0 Å². The van der Waals surface area contributed by atoms with Crippen LogP contribution >= 0.6 is 11.8 Å². The molecule has 6 heteroatoms. The molecule has 0 aliphatic rings. The number of carboxylic acids is 1. The maximum atomic E-state index is 11.1. The van der Waals surface area contributed by atoms with Gasteiger partial charge in [0.25, 0.3) is 5.69 Å². The van der Waals surface area contributed by atoms with Crippen LogP contribution in [0.3, 0.4) is 0 Å². The van der Waals surface area contributed by atoms with Crippen LogP contribution in [0.1, 0.15) is 21.5 Å². The second kappa shape index (κ2) is 6.41. The number of thioether (sulfide) groups is 1. The second-order valence-electron chi connectivity index (χ2n) is 4.51. The Morgan fingerprint density at radius 1 is 1.24 bits per heavy atom. The monoisotopic (exact) mass is 303 g/mol. The van der Waals surface area contributed by atoms with Gasteiger partial charge in [-0.25, -0.2) is 4.79 Å². The van der Waals surface area contributed by atoms with Crippen LogP contribution in [0.25, 0.3) is 0 Å². The molecule has 0 radical (unpaired) electrons. The molecule has 0 atom stereocenters. The molecule has 2 rings (SSSR count). The van der Waals surface area contributed by atoms with Gasteiger partial charge in [-0.1, -0.05) is 23.8 Å². The second-order valence-corrected chi connectivity index (χ2v) is 5.56. The first kappa shape index (κ1) is 15.1. The summed E-state index contributed by atoms with van der Waals surface area (Å²) in [5.41, 5.74) is 1.42. The lowest BCUT2D eigenvalue weighted by Gasteiger charge is -2.05. The molecular weight excluding hydrogens is 290 g/mol. The van der Waals surface area contributed by atoms with Gasteiger partial charge in [-0.2, -0.15) is 0 Å². The fourth-order valence-electron chi connectivity index (χ4n) is 1.78. The van der Waals surface area contributed by atoms with Crippen LogP contribution in [0.5, 0.6) is 0 Å². The first-order chi connectivity index (χ1) is 9.97. The van der Waals surface area contributed by atoms with E-state index in [4.69, 9.17) is 5.11 Å². The van der Waals surface area contributed by atoms with Gasteiger partial charge in [0.05, 0.1) is 10.5 Å². The average molecular weight is 303 g/mol. The Bertz CT molecular complexity index is 683. The predicted molar refractivity (Wildman–Crippen MR) is 80.8 cm³/mol. The highest BCUT2D eigenvalue weighted by Crippen LogP contribution is 2.29. The molecule has 0 amide bonds. The molecule has 21 heavy (non-hydrogen) atoms. The standard InChI is InChI=1S/C15H13NO4S/c1-10-2-6-13(7-3-10)21-9-12-5-4-11(15(17)18)8-14(12)16(19)20/h2-8H,9H2,1H3,(H,17,18). The van der Waals surface area contributed by atoms with E-state index in [-0.39, 0.29) is 11.3 Å². The molecule has 0 spiro atoms. The zero-order valence-electron chi connectivity index (χ0n) is 11.3. The number of hydrogen-bond acceptors (Lipinski definition) is 4. The van der Waals surface area contributed by atoms with Gasteiger partial charge in [0.1, 0.15) is 0 Å². The molecule has 0 fully saturated rings. The number of nitrogens with zero attached hydrogens (tertiary/aromatic N) is 1. The first-order valence-electron chi connectivity index (χ1n) is 6.17. The Balaban J connectivity index is 2.21. The van der Waals surface area contributed by atoms with E-state index in [1.807, 2.05) is 31.2 Å². The molecule has 0 aliphatic carbocycles. The molecule has 0 heterocycles. The predicted octanol–water partition coefficient (Wildman–Crippen LogP) is 3.89. The third-order valence-electron chi connectivity index (χ3n) is 2.94. The Hall–Kier alpha value is -2.34. The fraction of sp³-hybridized carbons (Fsp3) is 0.133. The quantitative estimate of drug-likeness (QED) is 0.515. The number of carboxylic acid groups (broad SMARTS) is 1. The SMILES string of the molecule is Cc1ccc(SCc2ccc(C(=O)O)cc2[N+](=O)[O-])cc1. The van der Waals surface area contributed by atoms with E-state index in [0.717, 1.165) is 16.5 Å². The Morgan fingerprint density at radius 3 is 2.48 bits per heavy atom. The van der Waals surface area contributed by atoms with Gasteiger partial charge in [-0.3, -0.25) is 10.1 Å². The van der Waals surface area contributed by atoms with Gasteiger partial charge in [0, 0.05) is 22.3 Å². The largest absolute Gasteiger partial charge is 0.478 e. The van der Waals surface area contributed by atoms with Gasteiger partial charge in [-0.15, -0.1) is 11.8 Å². The lowest BCUT2D eigenvalue weighted by atomic mass is 10.1. The van der Waals surface area contributed by atoms with Crippen molar-refractivity contribution in [3.8, 4) is 0 Å². The van der Waals surface area contributed by atoms with Crippen molar-refractivity contribution >= 4 is 23.4 Å². The first-order valence-corrected chi connectivity index (χ1v) is 7.16. The van der Waals surface area contributed by atoms with Crippen LogP contribution in [0, 0.1) is 17.0 Å². The van der Waals surface area contributed by atoms with Gasteiger partial charge >= 0.3 is 5.97 Å². The zero-order chi connectivity index (χ0) is 15.4. The summed E-state index contributed by atoms with van der Waals surface area (Å²) in [7, 11) is 0. The van der Waals surface area contributed by atoms with Crippen molar-refractivity contribution in [2.75, 3.05) is 0 Å². The highest BCUT2D eigenvalue weighted by Gasteiger charge is 2.17. The molecule has 0 saturated heterocycles. The summed E-state index contributed by atoms with van der Waals surface area (Å²) >= 11 is 1.48. The van der Waals surface area contributed by atoms with Crippen LogP contribution in [0.2, 0.25) is 0 Å². The van der Waals surface area contributed by atoms with Gasteiger partial charge in [0.15, 0.2) is 0 Å². The molecule has 0 saturated carbocycles. The van der Waals surface area contributed by atoms with Crippen molar-refractivity contribution in [1.82, 2.24) is 0 Å². The Labute approximate surface area is 125 Å². The molecule has 5 nitrogen and oxygen atoms in total. The molecule has 2 aromatic carbocycles. The summed E-state index contributed by atoms with van der Waals surface area (Å²) in [6, 6.07) is 11.9. The van der Waals surface area contributed by atoms with E-state index >= 15 is 0 Å². The summed E-state index contributed by atoms with van der Waals surface area (Å²) in [6.45, 7) is 1.99. The number of aromatic carboxylic acids is 1. The maximum Gasteiger partial charge on any atom is 0.335 e. The summed E-state index contributed by atoms with van der Waals surface area (Å²) in [6.07, 6.45) is 0. The topological polar surface area (TPSA) is 80.4 Å². The molecular formula is C15H13NO4S. The van der Waals surface area contributed by atoms with E-state index in [9.17, 15) is 14.9 Å². The van der Waals surface area contributed by atoms with Crippen LogP contribution in [0.15, 0.2) is 47.4 Å². The smallest absolute Gasteiger partial charge is 0.335 e. The number of rotatable bonds is 5. The lowest BCUT2D eigenvalue weighted by Crippen LogP contribution is -2.00. The van der Waals surface area contributed by atoms with Crippen molar-refractivity contribution < 1.29 is 14.8 Å². The number of nitro groups is 1. The minimum Gasteiger partial charge on any atom is -0.478 e. The molecule has 0 bridgehead atoms. The van der Waals surface area contributed by atoms with Crippen LogP contribution in [-0.2, 0) is 5.75 Å². The van der Waals surface area contributed by atoms with E-state index in [2.05, 4.69) is 0 Å². The molecule has 0 unspecified atom stereocenters. The Kier molecular flexibility index (Phi) is 4.59. The van der Waals surface area contributed by atoms with Crippen molar-refractivity contribution in [2.45, 2.75) is 17.6 Å². The fourth-order valence-corrected chi connectivity index (χ4v) is 2.68. The zero-order valence-corrected chi connectivity index (χ0v) is 12.1. The minimum atomic E-state index is -1.17. The summed E-state index contributed by atoms with van der Waals surface area (Å²) in [5, 5.41) is 19.9. The van der Waals surface area contributed by atoms with Gasteiger partial charge in [0.2, 0.25) is 0 Å². The van der Waals surface area contributed by atoms with Crippen molar-refractivity contribution in [3.05, 3.63) is 69.3 Å². The molecule has 1 N–H and O–H groups in total. The minimum absolute atomic E-state index is 0.0780. The van der Waals surface area contributed by atoms with E-state index in [0.29, 0.717) is 11.3 Å². The van der Waals surface area contributed by atoms with Crippen LogP contribution < -0.4 is 0 Å². The number of carbonyl (C=O) groups is 1. The molecule has 2 aromatic rings. The third kappa shape index (κ3) is 3.82. The number of hydrogen-bond donors (Lipinski definition) is 1. The van der Waals surface area contributed by atoms with Crippen molar-refractivity contribution in [1.29, 1.82) is 0 Å². The molecule has 108 valence electrons. The van der Waals surface area contributed by atoms with Gasteiger partial charge < -0.3 is 5.11 Å². The highest BCUT2D eigenvalue weighted by atomic mass is 32.2. The number of aryl methyl sites for hydroxylation is 1. The average Bonchev–Trinajstić information content (AvgIpc) is 2.46. The van der Waals surface area contributed by atoms with E-state index in [1.165, 1.54) is 23.9 Å². The third-order valence-corrected chi connectivity index (χ3v) is 4.01. The van der Waals surface area contributed by atoms with Crippen molar-refractivity contribution in [2.24, 2.45) is 0 Å². The number of nitro benzene ring substituents is 1. The van der Waals surface area contributed by atoms with E-state index in [1.54, 1.807) is 0 Å². The highest BCUT2D eigenvalue weighted by molar-refractivity contribution is 7.98. The normalized spacial score (nSPS) is 10.3. The summed E-state index contributed by atoms with van der Waals surface area (Å²) in [4.78, 5) is 22.4. The molecule has 0 aliphatic heterocycles. The molecule has 0 aromatic heterocycles. The Morgan fingerprint density at radius 2 is 1.90 bits per heavy atom. The lowest BCUT2D eigenvalue weighted by molar-refractivity contribution is -0.385. The van der Waals surface area contributed by atoms with Crippen LogP contribution in [-0.4, -0.2) is 16.0 Å². The van der Waals surface area contributed by atoms with Crippen LogP contribution in [0.4, 0.5) is 5.69 Å². The summed E-state index contributed by atoms with van der Waals surface area (Å²) in [5.74, 6) is -0.755. The maximum absolute atomic E-state index is 11.1. The summed E-state index contributed by atoms with van der Waals surface area (Å²) < 4.78 is 0. The van der Waals surface area contributed by atoms with Gasteiger partial charge in [-0.05, 0) is 25.1 Å².